The van der Waals surface area contributed by atoms with Crippen LogP contribution in [0.1, 0.15) is 25.0 Å². The highest BCUT2D eigenvalue weighted by Gasteiger charge is 2.31. The first-order chi connectivity index (χ1) is 8.92. The van der Waals surface area contributed by atoms with Crippen LogP contribution >= 0.6 is 0 Å². The fourth-order valence-corrected chi connectivity index (χ4v) is 2.56. The lowest BCUT2D eigenvalue weighted by molar-refractivity contribution is 0.0355. The van der Waals surface area contributed by atoms with Crippen LogP contribution in [0.25, 0.3) is 0 Å². The van der Waals surface area contributed by atoms with E-state index < -0.39 is 0 Å². The monoisotopic (exact) mass is 265 g/mol. The number of piperazine rings is 1. The SMILES string of the molecule is CN1CCN(Cc2ccc(CN)cc2F)CC1(C)C. The Bertz CT molecular complexity index is 445. The van der Waals surface area contributed by atoms with Gasteiger partial charge in [-0.05, 0) is 32.5 Å². The number of hydrogen-bond acceptors (Lipinski definition) is 3. The molecule has 0 spiro atoms. The third kappa shape index (κ3) is 3.32. The van der Waals surface area contributed by atoms with Gasteiger partial charge in [0.15, 0.2) is 0 Å². The lowest BCUT2D eigenvalue weighted by atomic mass is 9.99. The second-order valence-corrected chi connectivity index (χ2v) is 6.07. The third-order valence-electron chi connectivity index (χ3n) is 4.14. The highest BCUT2D eigenvalue weighted by Crippen LogP contribution is 2.21. The minimum Gasteiger partial charge on any atom is -0.326 e. The Labute approximate surface area is 115 Å². The molecule has 1 heterocycles. The summed E-state index contributed by atoms with van der Waals surface area (Å²) in [7, 11) is 2.15. The summed E-state index contributed by atoms with van der Waals surface area (Å²) in [6.07, 6.45) is 0. The molecule has 1 aromatic carbocycles. The first kappa shape index (κ1) is 14.4. The van der Waals surface area contributed by atoms with Crippen molar-refractivity contribution >= 4 is 0 Å². The summed E-state index contributed by atoms with van der Waals surface area (Å²) in [6, 6.07) is 5.33. The van der Waals surface area contributed by atoms with Crippen molar-refractivity contribution in [3.8, 4) is 0 Å². The Morgan fingerprint density at radius 1 is 1.32 bits per heavy atom. The maximum Gasteiger partial charge on any atom is 0.128 e. The fourth-order valence-electron chi connectivity index (χ4n) is 2.56. The van der Waals surface area contributed by atoms with Gasteiger partial charge in [-0.15, -0.1) is 0 Å². The largest absolute Gasteiger partial charge is 0.326 e. The Balaban J connectivity index is 2.06. The van der Waals surface area contributed by atoms with Crippen molar-refractivity contribution in [1.82, 2.24) is 9.80 Å². The molecule has 0 aromatic heterocycles. The zero-order chi connectivity index (χ0) is 14.0. The van der Waals surface area contributed by atoms with Crippen LogP contribution in [0.4, 0.5) is 4.39 Å². The summed E-state index contributed by atoms with van der Waals surface area (Å²) in [5.74, 6) is -0.139. The molecule has 0 amide bonds. The minimum atomic E-state index is -0.139. The van der Waals surface area contributed by atoms with Crippen LogP contribution in [0.3, 0.4) is 0 Å². The van der Waals surface area contributed by atoms with E-state index in [1.807, 2.05) is 12.1 Å². The molecule has 1 aliphatic rings. The average Bonchev–Trinajstić information content (AvgIpc) is 2.36. The van der Waals surface area contributed by atoms with E-state index in [0.29, 0.717) is 13.1 Å². The fraction of sp³-hybridized carbons (Fsp3) is 0.600. The lowest BCUT2D eigenvalue weighted by Gasteiger charge is -2.45. The van der Waals surface area contributed by atoms with E-state index >= 15 is 0 Å². The van der Waals surface area contributed by atoms with Gasteiger partial charge in [0, 0.05) is 43.8 Å². The molecule has 0 atom stereocenters. The number of nitrogens with two attached hydrogens (primary N) is 1. The van der Waals surface area contributed by atoms with Crippen LogP contribution in [-0.2, 0) is 13.1 Å². The summed E-state index contributed by atoms with van der Waals surface area (Å²) >= 11 is 0. The predicted molar refractivity (Wildman–Crippen MR) is 76.3 cm³/mol. The molecular weight excluding hydrogens is 241 g/mol. The van der Waals surface area contributed by atoms with Crippen LogP contribution in [0.2, 0.25) is 0 Å². The van der Waals surface area contributed by atoms with Gasteiger partial charge in [0.2, 0.25) is 0 Å². The molecule has 0 bridgehead atoms. The van der Waals surface area contributed by atoms with Gasteiger partial charge >= 0.3 is 0 Å². The number of rotatable bonds is 3. The second kappa shape index (κ2) is 5.57. The molecule has 0 saturated carbocycles. The van der Waals surface area contributed by atoms with Crippen molar-refractivity contribution in [3.05, 3.63) is 35.1 Å². The van der Waals surface area contributed by atoms with Crippen molar-refractivity contribution in [3.63, 3.8) is 0 Å². The highest BCUT2D eigenvalue weighted by molar-refractivity contribution is 5.24. The molecule has 2 rings (SSSR count). The first-order valence-electron chi connectivity index (χ1n) is 6.83. The molecular formula is C15H24FN3. The molecule has 4 heteroatoms. The maximum atomic E-state index is 14.0. The second-order valence-electron chi connectivity index (χ2n) is 6.07. The van der Waals surface area contributed by atoms with Gasteiger partial charge in [-0.3, -0.25) is 9.80 Å². The third-order valence-corrected chi connectivity index (χ3v) is 4.14. The van der Waals surface area contributed by atoms with Gasteiger partial charge in [0.1, 0.15) is 5.82 Å². The Morgan fingerprint density at radius 2 is 2.05 bits per heavy atom. The van der Waals surface area contributed by atoms with Crippen molar-refractivity contribution in [2.45, 2.75) is 32.5 Å². The molecule has 0 aliphatic carbocycles. The molecule has 19 heavy (non-hydrogen) atoms. The number of halogens is 1. The number of nitrogens with zero attached hydrogens (tertiary/aromatic N) is 2. The van der Waals surface area contributed by atoms with E-state index in [1.165, 1.54) is 0 Å². The summed E-state index contributed by atoms with van der Waals surface area (Å²) in [5.41, 5.74) is 7.27. The normalized spacial score (nSPS) is 20.7. The average molecular weight is 265 g/mol. The predicted octanol–water partition coefficient (Wildman–Crippen LogP) is 1.81. The summed E-state index contributed by atoms with van der Waals surface area (Å²) in [5, 5.41) is 0. The van der Waals surface area contributed by atoms with E-state index in [4.69, 9.17) is 5.73 Å². The van der Waals surface area contributed by atoms with Crippen molar-refractivity contribution in [2.24, 2.45) is 5.73 Å². The molecule has 1 fully saturated rings. The molecule has 1 saturated heterocycles. The van der Waals surface area contributed by atoms with Crippen LogP contribution in [0, 0.1) is 5.82 Å². The van der Waals surface area contributed by atoms with Crippen LogP contribution in [-0.4, -0.2) is 42.0 Å². The zero-order valence-electron chi connectivity index (χ0n) is 12.1. The van der Waals surface area contributed by atoms with Gasteiger partial charge in [-0.2, -0.15) is 0 Å². The summed E-state index contributed by atoms with van der Waals surface area (Å²) in [4.78, 5) is 4.68. The van der Waals surface area contributed by atoms with Gasteiger partial charge < -0.3 is 5.73 Å². The van der Waals surface area contributed by atoms with Crippen LogP contribution in [0.5, 0.6) is 0 Å². The molecule has 106 valence electrons. The topological polar surface area (TPSA) is 32.5 Å². The maximum absolute atomic E-state index is 14.0. The van der Waals surface area contributed by atoms with Gasteiger partial charge in [-0.1, -0.05) is 12.1 Å². The quantitative estimate of drug-likeness (QED) is 0.904. The number of benzene rings is 1. The molecule has 1 aromatic rings. The Morgan fingerprint density at radius 3 is 2.63 bits per heavy atom. The molecule has 0 unspecified atom stereocenters. The van der Waals surface area contributed by atoms with Gasteiger partial charge in [-0.25, -0.2) is 4.39 Å². The Kier molecular flexibility index (Phi) is 4.23. The van der Waals surface area contributed by atoms with Crippen molar-refractivity contribution < 1.29 is 4.39 Å². The van der Waals surface area contributed by atoms with E-state index in [2.05, 4.69) is 30.7 Å². The summed E-state index contributed by atoms with van der Waals surface area (Å²) < 4.78 is 14.0. The molecule has 2 N–H and O–H groups in total. The highest BCUT2D eigenvalue weighted by atomic mass is 19.1. The smallest absolute Gasteiger partial charge is 0.128 e. The van der Waals surface area contributed by atoms with Crippen LogP contribution in [0.15, 0.2) is 18.2 Å². The van der Waals surface area contributed by atoms with Crippen LogP contribution < -0.4 is 5.73 Å². The van der Waals surface area contributed by atoms with E-state index in [1.54, 1.807) is 6.07 Å². The summed E-state index contributed by atoms with van der Waals surface area (Å²) in [6.45, 7) is 8.49. The van der Waals surface area contributed by atoms with E-state index in [0.717, 1.165) is 30.8 Å². The van der Waals surface area contributed by atoms with Crippen molar-refractivity contribution in [2.75, 3.05) is 26.7 Å². The van der Waals surface area contributed by atoms with Crippen molar-refractivity contribution in [1.29, 1.82) is 0 Å². The zero-order valence-corrected chi connectivity index (χ0v) is 12.1. The molecule has 1 aliphatic heterocycles. The van der Waals surface area contributed by atoms with E-state index in [9.17, 15) is 4.39 Å². The first-order valence-corrected chi connectivity index (χ1v) is 6.83. The standard InChI is InChI=1S/C15H24FN3/c1-15(2)11-19(7-6-18(15)3)10-13-5-4-12(9-17)8-14(13)16/h4-5,8H,6-7,9-11,17H2,1-3H3. The molecule has 3 nitrogen and oxygen atoms in total. The molecule has 0 radical (unpaired) electrons. The van der Waals surface area contributed by atoms with Gasteiger partial charge in [0.25, 0.3) is 0 Å². The number of likely N-dealkylation sites (N-methyl/N-ethyl adjacent to an activating group) is 1. The number of hydrogen-bond donors (Lipinski definition) is 1. The van der Waals surface area contributed by atoms with E-state index in [-0.39, 0.29) is 11.4 Å². The van der Waals surface area contributed by atoms with Gasteiger partial charge in [0.05, 0.1) is 0 Å². The Hall–Kier alpha value is -0.970. The minimum absolute atomic E-state index is 0.139. The lowest BCUT2D eigenvalue weighted by Crippen LogP contribution is -2.57.